The zero-order valence-electron chi connectivity index (χ0n) is 17.3. The van der Waals surface area contributed by atoms with Crippen LogP contribution in [0.3, 0.4) is 0 Å². The van der Waals surface area contributed by atoms with Crippen LogP contribution in [0.4, 0.5) is 0 Å². The maximum absolute atomic E-state index is 13.4. The van der Waals surface area contributed by atoms with Gasteiger partial charge in [0.1, 0.15) is 19.0 Å². The molecule has 0 saturated carbocycles. The first-order chi connectivity index (χ1) is 14.9. The number of methoxy groups -OCH3 is 1. The Bertz CT molecular complexity index is 1110. The minimum atomic E-state index is -0.841. The zero-order chi connectivity index (χ0) is 22.5. The van der Waals surface area contributed by atoms with Gasteiger partial charge < -0.3 is 14.8 Å². The largest absolute Gasteiger partial charge is 0.460 e. The van der Waals surface area contributed by atoms with Gasteiger partial charge in [0.2, 0.25) is 0 Å². The number of nitrogens with one attached hydrogen (secondary N) is 1. The average Bonchev–Trinajstić information content (AvgIpc) is 3.28. The van der Waals surface area contributed by atoms with Crippen LogP contribution >= 0.6 is 11.6 Å². The fraction of sp³-hybridized carbons (Fsp3) is 0.273. The molecule has 160 valence electrons. The summed E-state index contributed by atoms with van der Waals surface area (Å²) >= 11 is 6.54. The Morgan fingerprint density at radius 3 is 2.65 bits per heavy atom. The molecular formula is C22H21ClN4O4. The summed E-state index contributed by atoms with van der Waals surface area (Å²) < 4.78 is 11.6. The second-order valence-electron chi connectivity index (χ2n) is 6.86. The van der Waals surface area contributed by atoms with Crippen LogP contribution in [0.1, 0.15) is 35.7 Å². The lowest BCUT2D eigenvalue weighted by atomic mass is 9.79. The highest BCUT2D eigenvalue weighted by Crippen LogP contribution is 2.42. The molecule has 0 amide bonds. The monoisotopic (exact) mass is 440 g/mol. The Balaban J connectivity index is 2.19. The average molecular weight is 441 g/mol. The Kier molecular flexibility index (Phi) is 6.90. The maximum atomic E-state index is 13.4. The summed E-state index contributed by atoms with van der Waals surface area (Å²) in [4.78, 5) is 30.4. The third kappa shape index (κ3) is 4.38. The molecular weight excluding hydrogens is 420 g/mol. The van der Waals surface area contributed by atoms with E-state index in [1.807, 2.05) is 6.07 Å². The molecule has 0 spiro atoms. The van der Waals surface area contributed by atoms with Crippen molar-refractivity contribution in [2.45, 2.75) is 19.8 Å². The van der Waals surface area contributed by atoms with Crippen molar-refractivity contribution < 1.29 is 19.1 Å². The molecule has 1 aromatic heterocycles. The van der Waals surface area contributed by atoms with Gasteiger partial charge in [-0.1, -0.05) is 23.7 Å². The predicted octanol–water partition coefficient (Wildman–Crippen LogP) is 3.17. The van der Waals surface area contributed by atoms with E-state index >= 15 is 0 Å². The number of rotatable bonds is 6. The Morgan fingerprint density at radius 2 is 2.00 bits per heavy atom. The molecule has 1 aliphatic rings. The Morgan fingerprint density at radius 1 is 1.26 bits per heavy atom. The quantitative estimate of drug-likeness (QED) is 0.543. The SMILES string of the molecule is COCCOC(=O)C1=C(C)NC(C)=C(C(=O)n2ccnc2)[C@@H]1c1cccc(C#N)c1Cl. The normalized spacial score (nSPS) is 16.0. The van der Waals surface area contributed by atoms with Crippen LogP contribution in [-0.4, -0.2) is 41.8 Å². The van der Waals surface area contributed by atoms with E-state index in [1.165, 1.54) is 30.4 Å². The van der Waals surface area contributed by atoms with Crippen LogP contribution in [-0.2, 0) is 14.3 Å². The first-order valence-corrected chi connectivity index (χ1v) is 9.84. The lowest BCUT2D eigenvalue weighted by molar-refractivity contribution is -0.140. The van der Waals surface area contributed by atoms with Crippen molar-refractivity contribution in [1.29, 1.82) is 5.26 Å². The molecule has 1 N–H and O–H groups in total. The molecule has 1 aliphatic heterocycles. The number of hydrogen-bond acceptors (Lipinski definition) is 7. The zero-order valence-corrected chi connectivity index (χ0v) is 18.1. The van der Waals surface area contributed by atoms with Crippen LogP contribution in [0.5, 0.6) is 0 Å². The standard InChI is InChI=1S/C22H21ClN4O4/c1-13-17(21(28)27-8-7-25-12-27)19(16-6-4-5-15(11-24)20(16)23)18(14(2)26-13)22(29)31-10-9-30-3/h4-8,12,19,26H,9-10H2,1-3H3/t19-/m0/s1. The second kappa shape index (κ2) is 9.60. The van der Waals surface area contributed by atoms with E-state index in [-0.39, 0.29) is 35.3 Å². The highest BCUT2D eigenvalue weighted by molar-refractivity contribution is 6.32. The van der Waals surface area contributed by atoms with Gasteiger partial charge >= 0.3 is 5.97 Å². The Hall–Kier alpha value is -3.41. The van der Waals surface area contributed by atoms with E-state index in [0.717, 1.165) is 0 Å². The van der Waals surface area contributed by atoms with E-state index in [9.17, 15) is 14.9 Å². The summed E-state index contributed by atoms with van der Waals surface area (Å²) in [5.74, 6) is -1.82. The van der Waals surface area contributed by atoms with Gasteiger partial charge in [-0.15, -0.1) is 0 Å². The molecule has 1 aromatic carbocycles. The highest BCUT2D eigenvalue weighted by atomic mass is 35.5. The molecule has 2 heterocycles. The number of benzene rings is 1. The Labute approximate surface area is 184 Å². The van der Waals surface area contributed by atoms with Crippen LogP contribution in [0.2, 0.25) is 5.02 Å². The van der Waals surface area contributed by atoms with Crippen molar-refractivity contribution in [2.24, 2.45) is 0 Å². The van der Waals surface area contributed by atoms with Gasteiger partial charge in [0.25, 0.3) is 5.91 Å². The number of aromatic nitrogens is 2. The topological polar surface area (TPSA) is 106 Å². The number of carbonyl (C=O) groups excluding carboxylic acids is 2. The molecule has 0 unspecified atom stereocenters. The maximum Gasteiger partial charge on any atom is 0.336 e. The molecule has 0 radical (unpaired) electrons. The number of esters is 1. The first kappa shape index (κ1) is 22.3. The van der Waals surface area contributed by atoms with Crippen molar-refractivity contribution in [3.05, 3.63) is 75.6 Å². The highest BCUT2D eigenvalue weighted by Gasteiger charge is 2.39. The van der Waals surface area contributed by atoms with Gasteiger partial charge in [0.15, 0.2) is 0 Å². The number of halogens is 1. The summed E-state index contributed by atoms with van der Waals surface area (Å²) in [5.41, 5.74) is 2.35. The molecule has 3 rings (SSSR count). The van der Waals surface area contributed by atoms with Gasteiger partial charge in [0, 0.05) is 36.5 Å². The molecule has 8 nitrogen and oxygen atoms in total. The van der Waals surface area contributed by atoms with Gasteiger partial charge in [-0.2, -0.15) is 5.26 Å². The van der Waals surface area contributed by atoms with Crippen molar-refractivity contribution in [1.82, 2.24) is 14.9 Å². The molecule has 2 aromatic rings. The fourth-order valence-electron chi connectivity index (χ4n) is 3.53. The molecule has 0 aliphatic carbocycles. The number of nitrogens with zero attached hydrogens (tertiary/aromatic N) is 3. The molecule has 0 fully saturated rings. The summed E-state index contributed by atoms with van der Waals surface area (Å²) in [5, 5.41) is 12.7. The third-order valence-electron chi connectivity index (χ3n) is 4.93. The van der Waals surface area contributed by atoms with E-state index in [4.69, 9.17) is 21.1 Å². The number of allylic oxidation sites excluding steroid dienone is 3. The lowest BCUT2D eigenvalue weighted by Gasteiger charge is -2.31. The second-order valence-corrected chi connectivity index (χ2v) is 7.24. The fourth-order valence-corrected chi connectivity index (χ4v) is 3.81. The minimum absolute atomic E-state index is 0.0539. The molecule has 1 atom stereocenters. The third-order valence-corrected chi connectivity index (χ3v) is 5.35. The van der Waals surface area contributed by atoms with Crippen molar-refractivity contribution in [3.8, 4) is 6.07 Å². The smallest absolute Gasteiger partial charge is 0.336 e. The number of hydrogen-bond donors (Lipinski definition) is 1. The molecule has 0 bridgehead atoms. The van der Waals surface area contributed by atoms with E-state index in [2.05, 4.69) is 10.3 Å². The van der Waals surface area contributed by atoms with Gasteiger partial charge in [-0.3, -0.25) is 9.36 Å². The van der Waals surface area contributed by atoms with Crippen LogP contribution in [0, 0.1) is 11.3 Å². The van der Waals surface area contributed by atoms with Crippen LogP contribution in [0.25, 0.3) is 0 Å². The van der Waals surface area contributed by atoms with Crippen molar-refractivity contribution >= 4 is 23.5 Å². The first-order valence-electron chi connectivity index (χ1n) is 9.46. The van der Waals surface area contributed by atoms with Gasteiger partial charge in [0.05, 0.1) is 28.7 Å². The number of nitriles is 1. The number of imidazole rings is 1. The van der Waals surface area contributed by atoms with Crippen LogP contribution in [0.15, 0.2) is 59.5 Å². The predicted molar refractivity (Wildman–Crippen MR) is 113 cm³/mol. The van der Waals surface area contributed by atoms with E-state index < -0.39 is 11.9 Å². The molecule has 9 heteroatoms. The van der Waals surface area contributed by atoms with Crippen molar-refractivity contribution in [3.63, 3.8) is 0 Å². The molecule has 0 saturated heterocycles. The number of ether oxygens (including phenoxy) is 2. The van der Waals surface area contributed by atoms with Crippen molar-refractivity contribution in [2.75, 3.05) is 20.3 Å². The van der Waals surface area contributed by atoms with E-state index in [0.29, 0.717) is 22.5 Å². The van der Waals surface area contributed by atoms with Crippen LogP contribution < -0.4 is 5.32 Å². The number of dihydropyridines is 1. The lowest BCUT2D eigenvalue weighted by Crippen LogP contribution is -2.33. The summed E-state index contributed by atoms with van der Waals surface area (Å²) in [6.45, 7) is 3.76. The summed E-state index contributed by atoms with van der Waals surface area (Å²) in [6, 6.07) is 6.98. The summed E-state index contributed by atoms with van der Waals surface area (Å²) in [6.07, 6.45) is 4.40. The van der Waals surface area contributed by atoms with E-state index in [1.54, 1.807) is 32.0 Å². The minimum Gasteiger partial charge on any atom is -0.460 e. The van der Waals surface area contributed by atoms with Gasteiger partial charge in [-0.05, 0) is 25.5 Å². The molecule has 31 heavy (non-hydrogen) atoms. The summed E-state index contributed by atoms with van der Waals surface area (Å²) in [7, 11) is 1.50. The van der Waals surface area contributed by atoms with Gasteiger partial charge in [-0.25, -0.2) is 9.78 Å². The number of carbonyl (C=O) groups is 2.